The van der Waals surface area contributed by atoms with Crippen LogP contribution in [0.5, 0.6) is 5.75 Å². The molecule has 5 nitrogen and oxygen atoms in total. The number of Topliss-reactive ketones (excluding diaryl/α,β-unsaturated/α-hetero) is 1. The Hall–Kier alpha value is -3.41. The molecule has 0 spiro atoms. The largest absolute Gasteiger partial charge is 0.508 e. The predicted molar refractivity (Wildman–Crippen MR) is 105 cm³/mol. The van der Waals surface area contributed by atoms with Crippen molar-refractivity contribution in [3.05, 3.63) is 88.0 Å². The number of hydrogen-bond acceptors (Lipinski definition) is 5. The lowest BCUT2D eigenvalue weighted by Crippen LogP contribution is -2.30. The summed E-state index contributed by atoms with van der Waals surface area (Å²) >= 11 is 0. The van der Waals surface area contributed by atoms with E-state index in [1.165, 1.54) is 6.07 Å². The first-order chi connectivity index (χ1) is 14.0. The summed E-state index contributed by atoms with van der Waals surface area (Å²) in [6.07, 6.45) is 0.769. The number of aromatic nitrogens is 1. The van der Waals surface area contributed by atoms with E-state index in [1.54, 1.807) is 37.3 Å². The van der Waals surface area contributed by atoms with Gasteiger partial charge in [0.2, 0.25) is 5.88 Å². The molecule has 1 aliphatic carbocycles. The second-order valence-corrected chi connectivity index (χ2v) is 7.57. The van der Waals surface area contributed by atoms with Crippen molar-refractivity contribution in [1.82, 2.24) is 5.16 Å². The molecule has 0 bridgehead atoms. The Morgan fingerprint density at radius 3 is 2.59 bits per heavy atom. The third kappa shape index (κ3) is 2.75. The molecule has 2 heterocycles. The van der Waals surface area contributed by atoms with Gasteiger partial charge in [-0.05, 0) is 31.0 Å². The van der Waals surface area contributed by atoms with Crippen LogP contribution in [0.2, 0.25) is 0 Å². The number of benzene rings is 2. The summed E-state index contributed by atoms with van der Waals surface area (Å²) in [5.74, 6) is -0.541. The zero-order valence-corrected chi connectivity index (χ0v) is 15.8. The van der Waals surface area contributed by atoms with Crippen LogP contribution in [-0.4, -0.2) is 16.0 Å². The molecule has 0 radical (unpaired) electrons. The number of phenols is 1. The second-order valence-electron chi connectivity index (χ2n) is 7.57. The molecule has 6 heteroatoms. The third-order valence-electron chi connectivity index (χ3n) is 5.85. The minimum absolute atomic E-state index is 0.0634. The van der Waals surface area contributed by atoms with E-state index >= 15 is 0 Å². The monoisotopic (exact) mass is 390 g/mol. The van der Waals surface area contributed by atoms with Gasteiger partial charge in [-0.3, -0.25) is 4.79 Å². The molecule has 0 saturated carbocycles. The number of rotatable bonds is 2. The molecule has 146 valence electrons. The molecule has 5 rings (SSSR count). The number of allylic oxidation sites excluding steroid dienone is 2. The Labute approximate surface area is 166 Å². The predicted octanol–water partition coefficient (Wildman–Crippen LogP) is 4.79. The van der Waals surface area contributed by atoms with Gasteiger partial charge < -0.3 is 14.9 Å². The van der Waals surface area contributed by atoms with Crippen molar-refractivity contribution in [3.8, 4) is 5.75 Å². The number of para-hydroxylation sites is 1. The number of hydrogen-bond donors (Lipinski definition) is 2. The SMILES string of the molecule is Cc1noc2c1[C@@H](c1ccccc1F)C1=C(C[C@@H](c3ccccc3O)CC1=O)N2. The fourth-order valence-corrected chi connectivity index (χ4v) is 4.55. The normalized spacial score (nSPS) is 20.8. The summed E-state index contributed by atoms with van der Waals surface area (Å²) in [5, 5.41) is 17.5. The van der Waals surface area contributed by atoms with Gasteiger partial charge in [0.25, 0.3) is 0 Å². The maximum absolute atomic E-state index is 14.7. The van der Waals surface area contributed by atoms with Crippen LogP contribution < -0.4 is 5.32 Å². The molecule has 0 amide bonds. The molecular weight excluding hydrogens is 371 g/mol. The summed E-state index contributed by atoms with van der Waals surface area (Å²) in [5.41, 5.74) is 3.75. The number of anilines is 1. The third-order valence-corrected chi connectivity index (χ3v) is 5.85. The molecule has 2 aliphatic rings. The highest BCUT2D eigenvalue weighted by molar-refractivity contribution is 6.01. The molecule has 1 aliphatic heterocycles. The molecule has 0 fully saturated rings. The first kappa shape index (κ1) is 17.7. The average molecular weight is 390 g/mol. The first-order valence-corrected chi connectivity index (χ1v) is 9.56. The quantitative estimate of drug-likeness (QED) is 0.658. The summed E-state index contributed by atoms with van der Waals surface area (Å²) in [7, 11) is 0. The number of carbonyl (C=O) groups is 1. The highest BCUT2D eigenvalue weighted by Gasteiger charge is 2.42. The Balaban J connectivity index is 1.66. The van der Waals surface area contributed by atoms with E-state index in [9.17, 15) is 14.3 Å². The van der Waals surface area contributed by atoms with Crippen molar-refractivity contribution >= 4 is 11.7 Å². The number of fused-ring (bicyclic) bond motifs is 1. The van der Waals surface area contributed by atoms with Gasteiger partial charge in [0, 0.05) is 35.1 Å². The lowest BCUT2D eigenvalue weighted by atomic mass is 9.72. The van der Waals surface area contributed by atoms with E-state index in [4.69, 9.17) is 4.52 Å². The van der Waals surface area contributed by atoms with Gasteiger partial charge in [-0.15, -0.1) is 0 Å². The van der Waals surface area contributed by atoms with E-state index in [2.05, 4.69) is 10.5 Å². The van der Waals surface area contributed by atoms with Crippen molar-refractivity contribution < 1.29 is 18.8 Å². The van der Waals surface area contributed by atoms with E-state index < -0.39 is 5.92 Å². The molecular formula is C23H19FN2O3. The molecule has 2 atom stereocenters. The zero-order chi connectivity index (χ0) is 20.1. The molecule has 1 aromatic heterocycles. The van der Waals surface area contributed by atoms with Crippen LogP contribution >= 0.6 is 0 Å². The number of ketones is 1. The van der Waals surface area contributed by atoms with Crippen molar-refractivity contribution in [3.63, 3.8) is 0 Å². The molecule has 2 aromatic carbocycles. The van der Waals surface area contributed by atoms with Crippen LogP contribution in [0.3, 0.4) is 0 Å². The van der Waals surface area contributed by atoms with Gasteiger partial charge in [-0.25, -0.2) is 4.39 Å². The van der Waals surface area contributed by atoms with Crippen LogP contribution in [0.25, 0.3) is 0 Å². The van der Waals surface area contributed by atoms with E-state index in [-0.39, 0.29) is 29.7 Å². The van der Waals surface area contributed by atoms with Crippen molar-refractivity contribution in [1.29, 1.82) is 0 Å². The summed E-state index contributed by atoms with van der Waals surface area (Å²) < 4.78 is 20.2. The Morgan fingerprint density at radius 1 is 1.10 bits per heavy atom. The maximum Gasteiger partial charge on any atom is 0.233 e. The topological polar surface area (TPSA) is 75.4 Å². The van der Waals surface area contributed by atoms with Crippen molar-refractivity contribution in [2.24, 2.45) is 0 Å². The molecule has 0 saturated heterocycles. The average Bonchev–Trinajstić information content (AvgIpc) is 3.08. The van der Waals surface area contributed by atoms with Crippen LogP contribution in [0.15, 0.2) is 64.3 Å². The van der Waals surface area contributed by atoms with E-state index in [1.807, 2.05) is 12.1 Å². The zero-order valence-electron chi connectivity index (χ0n) is 15.8. The number of phenolic OH excluding ortho intramolecular Hbond substituents is 1. The summed E-state index contributed by atoms with van der Waals surface area (Å²) in [6, 6.07) is 13.6. The lowest BCUT2D eigenvalue weighted by molar-refractivity contribution is -0.116. The van der Waals surface area contributed by atoms with Crippen LogP contribution in [0.1, 0.15) is 47.1 Å². The molecule has 29 heavy (non-hydrogen) atoms. The Bertz CT molecular complexity index is 1160. The van der Waals surface area contributed by atoms with Crippen LogP contribution in [0, 0.1) is 12.7 Å². The Morgan fingerprint density at radius 2 is 1.83 bits per heavy atom. The van der Waals surface area contributed by atoms with Crippen LogP contribution in [-0.2, 0) is 4.79 Å². The fourth-order valence-electron chi connectivity index (χ4n) is 4.55. The van der Waals surface area contributed by atoms with Crippen molar-refractivity contribution in [2.45, 2.75) is 31.6 Å². The van der Waals surface area contributed by atoms with Crippen molar-refractivity contribution in [2.75, 3.05) is 5.32 Å². The van der Waals surface area contributed by atoms with Gasteiger partial charge in [0.15, 0.2) is 5.78 Å². The van der Waals surface area contributed by atoms with Crippen LogP contribution in [0.4, 0.5) is 10.3 Å². The Kier molecular flexibility index (Phi) is 4.01. The minimum atomic E-state index is -0.563. The molecule has 3 aromatic rings. The van der Waals surface area contributed by atoms with Gasteiger partial charge in [0.1, 0.15) is 11.6 Å². The van der Waals surface area contributed by atoms with E-state index in [0.29, 0.717) is 40.4 Å². The number of carbonyl (C=O) groups excluding carboxylic acids is 1. The molecule has 2 N–H and O–H groups in total. The number of aromatic hydroxyl groups is 1. The number of aryl methyl sites for hydroxylation is 1. The van der Waals surface area contributed by atoms with Gasteiger partial charge in [-0.2, -0.15) is 0 Å². The van der Waals surface area contributed by atoms with Gasteiger partial charge >= 0.3 is 0 Å². The first-order valence-electron chi connectivity index (χ1n) is 9.56. The summed E-state index contributed by atoms with van der Waals surface area (Å²) in [6.45, 7) is 1.79. The highest BCUT2D eigenvalue weighted by atomic mass is 19.1. The van der Waals surface area contributed by atoms with E-state index in [0.717, 1.165) is 5.56 Å². The van der Waals surface area contributed by atoms with Gasteiger partial charge in [0.05, 0.1) is 11.3 Å². The standard InChI is InChI=1S/C23H19FN2O3/c1-12-20-21(15-7-2-4-8-16(15)24)22-17(25-23(20)29-26-12)10-13(11-19(22)28)14-6-3-5-9-18(14)27/h2-9,13,21,25,27H,10-11H2,1H3/t13-,21-/m1/s1. The number of nitrogens with one attached hydrogen (secondary N) is 1. The lowest BCUT2D eigenvalue weighted by Gasteiger charge is -2.34. The highest BCUT2D eigenvalue weighted by Crippen LogP contribution is 2.50. The fraction of sp³-hybridized carbons (Fsp3) is 0.217. The number of nitrogens with zero attached hydrogens (tertiary/aromatic N) is 1. The maximum atomic E-state index is 14.7. The van der Waals surface area contributed by atoms with Gasteiger partial charge in [-0.1, -0.05) is 41.6 Å². The summed E-state index contributed by atoms with van der Waals surface area (Å²) in [4.78, 5) is 13.3. The smallest absolute Gasteiger partial charge is 0.233 e. The molecule has 0 unspecified atom stereocenters. The number of halogens is 1. The second kappa shape index (κ2) is 6.58. The minimum Gasteiger partial charge on any atom is -0.508 e.